The third kappa shape index (κ3) is 5.30. The molecule has 1 fully saturated rings. The Bertz CT molecular complexity index is 1280. The lowest BCUT2D eigenvalue weighted by atomic mass is 9.96. The highest BCUT2D eigenvalue weighted by Crippen LogP contribution is 2.33. The van der Waals surface area contributed by atoms with Crippen molar-refractivity contribution >= 4 is 21.9 Å². The number of anilines is 1. The number of nitrogens with one attached hydrogen (secondary N) is 1. The van der Waals surface area contributed by atoms with E-state index in [1.54, 1.807) is 25.2 Å². The van der Waals surface area contributed by atoms with Crippen LogP contribution in [-0.4, -0.2) is 56.1 Å². The number of amides is 1. The van der Waals surface area contributed by atoms with Gasteiger partial charge in [-0.25, -0.2) is 8.42 Å². The van der Waals surface area contributed by atoms with Crippen molar-refractivity contribution in [3.05, 3.63) is 48.0 Å². The first-order valence-corrected chi connectivity index (χ1v) is 12.7. The minimum Gasteiger partial charge on any atom is -0.497 e. The van der Waals surface area contributed by atoms with E-state index in [9.17, 15) is 13.2 Å². The Morgan fingerprint density at radius 3 is 2.40 bits per heavy atom. The third-order valence-corrected chi connectivity index (χ3v) is 8.09. The number of ether oxygens (including phenoxy) is 2. The number of aromatic nitrogens is 2. The van der Waals surface area contributed by atoms with Gasteiger partial charge in [0.25, 0.3) is 11.8 Å². The number of rotatable bonds is 8. The molecule has 0 radical (unpaired) electrons. The number of methoxy groups -OCH3 is 2. The molecule has 2 aromatic carbocycles. The fraction of sp³-hybridized carbons (Fsp3) is 0.375. The standard InChI is InChI=1S/C24H28N4O6S/c1-28(17-7-5-4-6-8-17)35(30,31)19-12-9-16(10-13-19)22(29)25-24-27-26-23(34-24)20-15-18(32-2)11-14-21(20)33-3/h9-15,17H,4-8H2,1-3H3,(H,25,27,29). The predicted octanol–water partition coefficient (Wildman–Crippen LogP) is 3.96. The van der Waals surface area contributed by atoms with Crippen LogP contribution in [0.3, 0.4) is 0 Å². The first-order valence-electron chi connectivity index (χ1n) is 11.3. The number of carbonyl (C=O) groups excluding carboxylic acids is 1. The molecule has 0 bridgehead atoms. The van der Waals surface area contributed by atoms with Gasteiger partial charge >= 0.3 is 6.01 Å². The lowest BCUT2D eigenvalue weighted by Crippen LogP contribution is -2.38. The summed E-state index contributed by atoms with van der Waals surface area (Å²) in [6, 6.07) is 10.8. The number of hydrogen-bond acceptors (Lipinski definition) is 8. The Morgan fingerprint density at radius 2 is 1.74 bits per heavy atom. The highest BCUT2D eigenvalue weighted by atomic mass is 32.2. The van der Waals surface area contributed by atoms with E-state index in [2.05, 4.69) is 15.5 Å². The number of sulfonamides is 1. The molecule has 0 aliphatic heterocycles. The van der Waals surface area contributed by atoms with Crippen LogP contribution in [0.1, 0.15) is 42.5 Å². The van der Waals surface area contributed by atoms with E-state index < -0.39 is 15.9 Å². The lowest BCUT2D eigenvalue weighted by Gasteiger charge is -2.30. The van der Waals surface area contributed by atoms with E-state index in [-0.39, 0.29) is 28.4 Å². The van der Waals surface area contributed by atoms with Crippen molar-refractivity contribution in [1.82, 2.24) is 14.5 Å². The summed E-state index contributed by atoms with van der Waals surface area (Å²) in [7, 11) is 1.03. The molecule has 1 amide bonds. The van der Waals surface area contributed by atoms with Gasteiger partial charge in [0.2, 0.25) is 10.0 Å². The second-order valence-electron chi connectivity index (χ2n) is 8.27. The molecule has 1 aliphatic carbocycles. The maximum atomic E-state index is 13.0. The van der Waals surface area contributed by atoms with Gasteiger partial charge in [-0.05, 0) is 55.3 Å². The van der Waals surface area contributed by atoms with Gasteiger partial charge in [-0.15, -0.1) is 5.10 Å². The highest BCUT2D eigenvalue weighted by molar-refractivity contribution is 7.89. The van der Waals surface area contributed by atoms with Crippen LogP contribution < -0.4 is 14.8 Å². The SMILES string of the molecule is COc1ccc(OC)c(-c2nnc(NC(=O)c3ccc(S(=O)(=O)N(C)C4CCCCC4)cc3)o2)c1. The number of carbonyl (C=O) groups is 1. The average Bonchev–Trinajstić information content (AvgIpc) is 3.36. The quantitative estimate of drug-likeness (QED) is 0.493. The fourth-order valence-corrected chi connectivity index (χ4v) is 5.53. The summed E-state index contributed by atoms with van der Waals surface area (Å²) < 4.78 is 43.6. The summed E-state index contributed by atoms with van der Waals surface area (Å²) in [5, 5.41) is 10.4. The van der Waals surface area contributed by atoms with Crippen LogP contribution in [0.4, 0.5) is 6.01 Å². The van der Waals surface area contributed by atoms with Crippen LogP contribution in [0.25, 0.3) is 11.5 Å². The molecular weight excluding hydrogens is 472 g/mol. The van der Waals surface area contributed by atoms with Gasteiger partial charge in [0.1, 0.15) is 11.5 Å². The van der Waals surface area contributed by atoms with E-state index >= 15 is 0 Å². The normalized spacial score (nSPS) is 14.6. The van der Waals surface area contributed by atoms with E-state index in [1.165, 1.54) is 42.8 Å². The van der Waals surface area contributed by atoms with Crippen molar-refractivity contribution in [3.63, 3.8) is 0 Å². The zero-order valence-electron chi connectivity index (χ0n) is 19.9. The minimum atomic E-state index is -3.64. The zero-order valence-corrected chi connectivity index (χ0v) is 20.7. The lowest BCUT2D eigenvalue weighted by molar-refractivity contribution is 0.102. The molecule has 4 rings (SSSR count). The van der Waals surface area contributed by atoms with Crippen LogP contribution in [-0.2, 0) is 10.0 Å². The summed E-state index contributed by atoms with van der Waals surface area (Å²) in [5.41, 5.74) is 0.763. The Morgan fingerprint density at radius 1 is 1.03 bits per heavy atom. The molecular formula is C24H28N4O6S. The molecule has 35 heavy (non-hydrogen) atoms. The second-order valence-corrected chi connectivity index (χ2v) is 10.3. The van der Waals surface area contributed by atoms with Crippen molar-refractivity contribution in [1.29, 1.82) is 0 Å². The van der Waals surface area contributed by atoms with Gasteiger partial charge in [0.15, 0.2) is 0 Å². The molecule has 1 saturated carbocycles. The summed E-state index contributed by atoms with van der Waals surface area (Å²) in [6.07, 6.45) is 4.94. The maximum Gasteiger partial charge on any atom is 0.322 e. The summed E-state index contributed by atoms with van der Waals surface area (Å²) >= 11 is 0. The highest BCUT2D eigenvalue weighted by Gasteiger charge is 2.29. The van der Waals surface area contributed by atoms with Crippen LogP contribution in [0.15, 0.2) is 51.8 Å². The Kier molecular flexibility index (Phi) is 7.37. The van der Waals surface area contributed by atoms with Crippen LogP contribution in [0, 0.1) is 0 Å². The third-order valence-electron chi connectivity index (χ3n) is 6.16. The van der Waals surface area contributed by atoms with Gasteiger partial charge in [-0.1, -0.05) is 24.4 Å². The van der Waals surface area contributed by atoms with Gasteiger partial charge in [0.05, 0.1) is 24.7 Å². The topological polar surface area (TPSA) is 124 Å². The number of nitrogens with zero attached hydrogens (tertiary/aromatic N) is 3. The summed E-state index contributed by atoms with van der Waals surface area (Å²) in [4.78, 5) is 12.8. The maximum absolute atomic E-state index is 13.0. The van der Waals surface area contributed by atoms with E-state index in [0.717, 1.165) is 32.1 Å². The fourth-order valence-electron chi connectivity index (χ4n) is 4.12. The zero-order chi connectivity index (χ0) is 25.0. The molecule has 10 nitrogen and oxygen atoms in total. The molecule has 1 aromatic heterocycles. The minimum absolute atomic E-state index is 0.00616. The number of benzene rings is 2. The molecule has 0 atom stereocenters. The second kappa shape index (κ2) is 10.4. The number of hydrogen-bond donors (Lipinski definition) is 1. The van der Waals surface area contributed by atoms with Gasteiger partial charge in [-0.3, -0.25) is 10.1 Å². The van der Waals surface area contributed by atoms with Gasteiger partial charge in [0, 0.05) is 18.7 Å². The Hall–Kier alpha value is -3.44. The van der Waals surface area contributed by atoms with E-state index in [0.29, 0.717) is 17.1 Å². The summed E-state index contributed by atoms with van der Waals surface area (Å²) in [6.45, 7) is 0. The first-order chi connectivity index (χ1) is 16.8. The predicted molar refractivity (Wildman–Crippen MR) is 129 cm³/mol. The van der Waals surface area contributed by atoms with Crippen molar-refractivity contribution in [2.45, 2.75) is 43.0 Å². The monoisotopic (exact) mass is 500 g/mol. The van der Waals surface area contributed by atoms with Crippen LogP contribution in [0.5, 0.6) is 11.5 Å². The Labute approximate surface area is 204 Å². The van der Waals surface area contributed by atoms with Crippen LogP contribution in [0.2, 0.25) is 0 Å². The first kappa shape index (κ1) is 24.7. The van der Waals surface area contributed by atoms with Crippen molar-refractivity contribution < 1.29 is 27.1 Å². The molecule has 0 unspecified atom stereocenters. The van der Waals surface area contributed by atoms with E-state index in [1.807, 2.05) is 0 Å². The Balaban J connectivity index is 1.46. The van der Waals surface area contributed by atoms with Crippen molar-refractivity contribution in [2.24, 2.45) is 0 Å². The molecule has 1 aliphatic rings. The average molecular weight is 501 g/mol. The largest absolute Gasteiger partial charge is 0.497 e. The molecule has 1 heterocycles. The molecule has 186 valence electrons. The molecule has 1 N–H and O–H groups in total. The van der Waals surface area contributed by atoms with Gasteiger partial charge < -0.3 is 13.9 Å². The molecule has 0 spiro atoms. The molecule has 0 saturated heterocycles. The molecule has 3 aromatic rings. The van der Waals surface area contributed by atoms with Crippen molar-refractivity contribution in [2.75, 3.05) is 26.6 Å². The van der Waals surface area contributed by atoms with Crippen LogP contribution >= 0.6 is 0 Å². The smallest absolute Gasteiger partial charge is 0.322 e. The van der Waals surface area contributed by atoms with Crippen molar-refractivity contribution in [3.8, 4) is 23.0 Å². The van der Waals surface area contributed by atoms with Gasteiger partial charge in [-0.2, -0.15) is 4.31 Å². The molecule has 11 heteroatoms. The summed E-state index contributed by atoms with van der Waals surface area (Å²) in [5.74, 6) is 0.710. The van der Waals surface area contributed by atoms with E-state index in [4.69, 9.17) is 13.9 Å².